The van der Waals surface area contributed by atoms with Crippen LogP contribution in [0, 0.1) is 6.92 Å². The Morgan fingerprint density at radius 3 is 2.56 bits per heavy atom. The van der Waals surface area contributed by atoms with Crippen molar-refractivity contribution in [2.45, 2.75) is 13.1 Å². The highest BCUT2D eigenvalue weighted by Crippen LogP contribution is 2.38. The lowest BCUT2D eigenvalue weighted by Gasteiger charge is -2.21. The van der Waals surface area contributed by atoms with Crippen LogP contribution in [0.4, 0.5) is 24.5 Å². The van der Waals surface area contributed by atoms with E-state index in [9.17, 15) is 18.0 Å². The second kappa shape index (κ2) is 7.66. The van der Waals surface area contributed by atoms with E-state index in [1.54, 1.807) is 18.0 Å². The Morgan fingerprint density at radius 1 is 1.28 bits per heavy atom. The van der Waals surface area contributed by atoms with Gasteiger partial charge in [0.15, 0.2) is 0 Å². The number of hydrogen-bond acceptors (Lipinski definition) is 2. The summed E-state index contributed by atoms with van der Waals surface area (Å²) in [6.45, 7) is 1.78. The third-order valence-corrected chi connectivity index (χ3v) is 4.75. The van der Waals surface area contributed by atoms with Crippen molar-refractivity contribution in [2.24, 2.45) is 0 Å². The van der Waals surface area contributed by atoms with Crippen molar-refractivity contribution in [3.8, 4) is 0 Å². The Balaban J connectivity index is 2.16. The number of likely N-dealkylation sites (N-methyl/N-ethyl adjacent to an activating group) is 1. The van der Waals surface area contributed by atoms with Crippen LogP contribution < -0.4 is 10.2 Å². The Bertz CT molecular complexity index is 796. The molecule has 2 aromatic rings. The lowest BCUT2D eigenvalue weighted by Crippen LogP contribution is -2.30. The highest BCUT2D eigenvalue weighted by atomic mass is 79.9. The van der Waals surface area contributed by atoms with Crippen LogP contribution in [0.1, 0.15) is 11.1 Å². The summed E-state index contributed by atoms with van der Waals surface area (Å²) in [6.07, 6.45) is -4.61. The van der Waals surface area contributed by atoms with Gasteiger partial charge in [-0.1, -0.05) is 33.6 Å². The molecule has 1 amide bonds. The number of alkyl halides is 3. The summed E-state index contributed by atoms with van der Waals surface area (Å²) in [5, 5.41) is 2.11. The molecule has 0 heterocycles. The van der Waals surface area contributed by atoms with Crippen LogP contribution in [0.3, 0.4) is 0 Å². The van der Waals surface area contributed by atoms with Crippen LogP contribution >= 0.6 is 27.5 Å². The van der Waals surface area contributed by atoms with Gasteiger partial charge in [0.2, 0.25) is 5.91 Å². The highest BCUT2D eigenvalue weighted by Gasteiger charge is 2.34. The van der Waals surface area contributed by atoms with E-state index in [-0.39, 0.29) is 11.6 Å². The largest absolute Gasteiger partial charge is 0.418 e. The van der Waals surface area contributed by atoms with E-state index in [4.69, 9.17) is 11.6 Å². The molecule has 0 radical (unpaired) electrons. The number of anilines is 2. The van der Waals surface area contributed by atoms with E-state index in [0.717, 1.165) is 21.8 Å². The zero-order valence-corrected chi connectivity index (χ0v) is 15.8. The van der Waals surface area contributed by atoms with Crippen molar-refractivity contribution in [3.05, 3.63) is 57.0 Å². The molecule has 0 aliphatic carbocycles. The molecule has 1 N–H and O–H groups in total. The van der Waals surface area contributed by atoms with Gasteiger partial charge in [0, 0.05) is 17.2 Å². The molecule has 8 heteroatoms. The van der Waals surface area contributed by atoms with Crippen LogP contribution in [0.2, 0.25) is 5.02 Å². The maximum Gasteiger partial charge on any atom is 0.418 e. The van der Waals surface area contributed by atoms with E-state index in [0.29, 0.717) is 0 Å². The van der Waals surface area contributed by atoms with Gasteiger partial charge in [0.25, 0.3) is 0 Å². The van der Waals surface area contributed by atoms with Gasteiger partial charge in [-0.15, -0.1) is 0 Å². The normalized spacial score (nSPS) is 11.3. The molecule has 0 saturated carbocycles. The number of aryl methyl sites for hydroxylation is 1. The summed E-state index contributed by atoms with van der Waals surface area (Å²) >= 11 is 9.23. The molecular formula is C17H15BrClF3N2O. The molecule has 0 aliphatic rings. The molecule has 0 aliphatic heterocycles. The van der Waals surface area contributed by atoms with E-state index >= 15 is 0 Å². The number of carbonyl (C=O) groups is 1. The van der Waals surface area contributed by atoms with Gasteiger partial charge in [-0.25, -0.2) is 0 Å². The Labute approximate surface area is 156 Å². The fraction of sp³-hybridized carbons (Fsp3) is 0.235. The minimum Gasteiger partial charge on any atom is -0.365 e. The fourth-order valence-corrected chi connectivity index (χ4v) is 2.71. The number of nitrogens with one attached hydrogen (secondary N) is 1. The Hall–Kier alpha value is -1.73. The number of rotatable bonds is 4. The zero-order chi connectivity index (χ0) is 18.8. The topological polar surface area (TPSA) is 32.3 Å². The molecule has 0 spiro atoms. The molecule has 0 saturated heterocycles. The van der Waals surface area contributed by atoms with Crippen molar-refractivity contribution in [1.29, 1.82) is 0 Å². The predicted octanol–water partition coefficient (Wildman–Crippen LogP) is 5.50. The first kappa shape index (κ1) is 19.6. The Morgan fingerprint density at radius 2 is 1.96 bits per heavy atom. The molecule has 0 atom stereocenters. The summed E-state index contributed by atoms with van der Waals surface area (Å²) in [5.41, 5.74) is 0.346. The number of hydrogen-bond donors (Lipinski definition) is 1. The minimum atomic E-state index is -4.61. The first-order chi connectivity index (χ1) is 11.6. The summed E-state index contributed by atoms with van der Waals surface area (Å²) < 4.78 is 40.1. The maximum atomic E-state index is 13.1. The zero-order valence-electron chi connectivity index (χ0n) is 13.4. The minimum absolute atomic E-state index is 0.121. The molecule has 0 aromatic heterocycles. The summed E-state index contributed by atoms with van der Waals surface area (Å²) in [5.74, 6) is -0.596. The predicted molar refractivity (Wildman–Crippen MR) is 97.2 cm³/mol. The van der Waals surface area contributed by atoms with Crippen molar-refractivity contribution in [3.63, 3.8) is 0 Å². The van der Waals surface area contributed by atoms with Crippen LogP contribution in [-0.4, -0.2) is 19.5 Å². The van der Waals surface area contributed by atoms with Gasteiger partial charge in [0.05, 0.1) is 22.8 Å². The van der Waals surface area contributed by atoms with Crippen molar-refractivity contribution < 1.29 is 18.0 Å². The SMILES string of the molecule is Cc1cc(N(C)CC(=O)Nc2c(Cl)cccc2C(F)(F)F)ccc1Br. The number of para-hydroxylation sites is 1. The van der Waals surface area contributed by atoms with Crippen LogP contribution in [0.15, 0.2) is 40.9 Å². The monoisotopic (exact) mass is 434 g/mol. The quantitative estimate of drug-likeness (QED) is 0.687. The molecule has 134 valence electrons. The first-order valence-electron chi connectivity index (χ1n) is 7.22. The van der Waals surface area contributed by atoms with E-state index in [1.807, 2.05) is 19.1 Å². The van der Waals surface area contributed by atoms with Crippen molar-refractivity contribution in [2.75, 3.05) is 23.8 Å². The molecule has 25 heavy (non-hydrogen) atoms. The van der Waals surface area contributed by atoms with Gasteiger partial charge in [-0.05, 0) is 42.8 Å². The van der Waals surface area contributed by atoms with Gasteiger partial charge in [0.1, 0.15) is 0 Å². The molecule has 0 fully saturated rings. The van der Waals surface area contributed by atoms with Crippen molar-refractivity contribution >= 4 is 44.8 Å². The molecular weight excluding hydrogens is 421 g/mol. The summed E-state index contributed by atoms with van der Waals surface area (Å²) in [4.78, 5) is 13.8. The second-order valence-electron chi connectivity index (χ2n) is 5.50. The lowest BCUT2D eigenvalue weighted by molar-refractivity contribution is -0.137. The third kappa shape index (κ3) is 4.89. The highest BCUT2D eigenvalue weighted by molar-refractivity contribution is 9.10. The first-order valence-corrected chi connectivity index (χ1v) is 8.39. The van der Waals surface area contributed by atoms with Crippen LogP contribution in [0.25, 0.3) is 0 Å². The third-order valence-electron chi connectivity index (χ3n) is 3.55. The van der Waals surface area contributed by atoms with Crippen LogP contribution in [0.5, 0.6) is 0 Å². The lowest BCUT2D eigenvalue weighted by atomic mass is 10.1. The molecule has 0 unspecified atom stereocenters. The average Bonchev–Trinajstić information content (AvgIpc) is 2.50. The number of benzene rings is 2. The average molecular weight is 436 g/mol. The Kier molecular flexibility index (Phi) is 6.00. The maximum absolute atomic E-state index is 13.1. The van der Waals surface area contributed by atoms with E-state index in [2.05, 4.69) is 21.2 Å². The second-order valence-corrected chi connectivity index (χ2v) is 6.76. The number of amides is 1. The molecule has 3 nitrogen and oxygen atoms in total. The number of carbonyl (C=O) groups excluding carboxylic acids is 1. The number of halogens is 5. The standard InChI is InChI=1S/C17H15BrClF3N2O/c1-10-8-11(6-7-13(10)18)24(2)9-15(25)23-16-12(17(20,21)22)4-3-5-14(16)19/h3-8H,9H2,1-2H3,(H,23,25). The van der Waals surface area contributed by atoms with Gasteiger partial charge < -0.3 is 10.2 Å². The van der Waals surface area contributed by atoms with E-state index in [1.165, 1.54) is 12.1 Å². The molecule has 0 bridgehead atoms. The molecule has 2 rings (SSSR count). The van der Waals surface area contributed by atoms with Gasteiger partial charge >= 0.3 is 6.18 Å². The smallest absolute Gasteiger partial charge is 0.365 e. The van der Waals surface area contributed by atoms with Gasteiger partial charge in [-0.2, -0.15) is 13.2 Å². The van der Waals surface area contributed by atoms with E-state index < -0.39 is 23.3 Å². The molecule has 2 aromatic carbocycles. The number of nitrogens with zero attached hydrogens (tertiary/aromatic N) is 1. The van der Waals surface area contributed by atoms with Gasteiger partial charge in [-0.3, -0.25) is 4.79 Å². The summed E-state index contributed by atoms with van der Waals surface area (Å²) in [6, 6.07) is 8.89. The van der Waals surface area contributed by atoms with Crippen molar-refractivity contribution in [1.82, 2.24) is 0 Å². The fourth-order valence-electron chi connectivity index (χ4n) is 2.24. The van der Waals surface area contributed by atoms with Crippen LogP contribution in [-0.2, 0) is 11.0 Å². The summed E-state index contributed by atoms with van der Waals surface area (Å²) in [7, 11) is 1.68.